The second kappa shape index (κ2) is 17.1. The summed E-state index contributed by atoms with van der Waals surface area (Å²) in [4.78, 5) is 4.73. The Hall–Kier alpha value is -2.35. The first-order chi connectivity index (χ1) is 16.0. The number of benzene rings is 2. The second-order valence-electron chi connectivity index (χ2n) is 7.16. The van der Waals surface area contributed by atoms with Gasteiger partial charge in [-0.05, 0) is 39.8 Å². The van der Waals surface area contributed by atoms with Crippen molar-refractivity contribution in [1.29, 1.82) is 0 Å². The van der Waals surface area contributed by atoms with Crippen LogP contribution in [0.1, 0.15) is 33.6 Å². The van der Waals surface area contributed by atoms with Crippen LogP contribution in [-0.2, 0) is 39.3 Å². The number of pyridine rings is 1. The van der Waals surface area contributed by atoms with Crippen molar-refractivity contribution in [2.24, 2.45) is 0 Å². The van der Waals surface area contributed by atoms with Crippen LogP contribution in [0.5, 0.6) is 0 Å². The summed E-state index contributed by atoms with van der Waals surface area (Å²) in [6.45, 7) is 3.39. The van der Waals surface area contributed by atoms with Gasteiger partial charge in [0, 0.05) is 11.4 Å². The quantitative estimate of drug-likeness (QED) is 0.214. The molecule has 1 aromatic heterocycles. The molecule has 0 saturated heterocycles. The molecule has 2 aromatic carbocycles. The molecule has 3 rings (SSSR count). The zero-order chi connectivity index (χ0) is 25.7. The Labute approximate surface area is 221 Å². The minimum atomic E-state index is -3.08. The third-order valence-corrected chi connectivity index (χ3v) is 4.54. The molecule has 10 heteroatoms. The fourth-order valence-electron chi connectivity index (χ4n) is 3.14. The van der Waals surface area contributed by atoms with Gasteiger partial charge < -0.3 is 37.0 Å². The third kappa shape index (κ3) is 13.4. The molecule has 0 saturated carbocycles. The Morgan fingerprint density at radius 2 is 0.829 bits per heavy atom. The van der Waals surface area contributed by atoms with Crippen LogP contribution in [0.4, 0.5) is 37.7 Å². The Morgan fingerprint density at radius 1 is 0.571 bits per heavy atom. The molecule has 3 aromatic rings. The number of rotatable bonds is 6. The van der Waals surface area contributed by atoms with Gasteiger partial charge in [-0.25, -0.2) is 0 Å². The van der Waals surface area contributed by atoms with Crippen LogP contribution >= 0.6 is 0 Å². The maximum Gasteiger partial charge on any atom is 4.00 e. The molecular weight excluding hydrogens is 548 g/mol. The molecule has 35 heavy (non-hydrogen) atoms. The average molecular weight is 573 g/mol. The predicted octanol–water partition coefficient (Wildman–Crippen LogP) is 9.41. The van der Waals surface area contributed by atoms with E-state index in [-0.39, 0.29) is 26.2 Å². The van der Waals surface area contributed by atoms with Crippen LogP contribution in [0, 0.1) is 41.1 Å². The molecule has 0 atom stereocenters. The molecule has 186 valence electrons. The van der Waals surface area contributed by atoms with Gasteiger partial charge in [0.15, 0.2) is 13.4 Å². The third-order valence-electron chi connectivity index (χ3n) is 4.54. The van der Waals surface area contributed by atoms with Gasteiger partial charge in [0.1, 0.15) is 0 Å². The molecule has 0 unspecified atom stereocenters. The molecule has 0 amide bonds. The largest absolute Gasteiger partial charge is 4.00 e. The number of aromatic nitrogens is 1. The van der Waals surface area contributed by atoms with Crippen molar-refractivity contribution in [2.75, 3.05) is 0 Å². The molecule has 0 N–H and O–H groups in total. The van der Waals surface area contributed by atoms with Crippen molar-refractivity contribution < 1.29 is 52.5 Å². The van der Waals surface area contributed by atoms with Crippen LogP contribution in [0.3, 0.4) is 0 Å². The van der Waals surface area contributed by atoms with Crippen LogP contribution < -0.4 is 0 Å². The second-order valence-corrected chi connectivity index (χ2v) is 7.16. The number of hydrogen-bond donors (Lipinski definition) is 0. The standard InChI is InChI=1S/C23H25N3.2CF3.Zr/c1-16-8-5-9-17(2)22(16)24-14-20-12-7-13-21(26-20)15-25-23-18(3)10-6-11-19(23)4;2*2-1(3)4;/h5-13H,14-15H2,1-4H3;;;/q-2;2*-1;+4. The van der Waals surface area contributed by atoms with Gasteiger partial charge in [0.05, 0.1) is 0 Å². The fraction of sp³-hybridized carbons (Fsp3) is 0.240. The van der Waals surface area contributed by atoms with E-state index in [2.05, 4.69) is 64.1 Å². The van der Waals surface area contributed by atoms with Crippen molar-refractivity contribution >= 4 is 11.4 Å². The SMILES string of the molecule is Cc1cccc(C)c1[N-]Cc1cccc(C[N-]c2c(C)cccc2C)n1.F[C-](F)F.F[C-](F)F.[Zr+4]. The predicted molar refractivity (Wildman–Crippen MR) is 123 cm³/mol. The van der Waals surface area contributed by atoms with Crippen molar-refractivity contribution in [3.05, 3.63) is 112 Å². The smallest absolute Gasteiger partial charge is 0.679 e. The zero-order valence-electron chi connectivity index (χ0n) is 19.7. The van der Waals surface area contributed by atoms with E-state index in [1.165, 1.54) is 22.3 Å². The Balaban J connectivity index is 0.00000112. The monoisotopic (exact) mass is 571 g/mol. The fourth-order valence-corrected chi connectivity index (χ4v) is 3.14. The Bertz CT molecular complexity index is 895. The van der Waals surface area contributed by atoms with E-state index >= 15 is 0 Å². The maximum atomic E-state index is 9.58. The zero-order valence-corrected chi connectivity index (χ0v) is 22.2. The summed E-state index contributed by atoms with van der Waals surface area (Å²) in [5.41, 5.74) is 8.89. The summed E-state index contributed by atoms with van der Waals surface area (Å²) < 4.78 is 57.5. The minimum absolute atomic E-state index is 0. The van der Waals surface area contributed by atoms with Gasteiger partial charge in [-0.2, -0.15) is 0 Å². The summed E-state index contributed by atoms with van der Waals surface area (Å²) in [6, 6.07) is 18.6. The first kappa shape index (κ1) is 32.7. The molecule has 1 heterocycles. The number of halogens is 6. The van der Waals surface area contributed by atoms with Gasteiger partial charge in [-0.1, -0.05) is 77.8 Å². The Kier molecular flexibility index (Phi) is 16.0. The van der Waals surface area contributed by atoms with Gasteiger partial charge in [0.2, 0.25) is 0 Å². The minimum Gasteiger partial charge on any atom is -0.679 e. The first-order valence-electron chi connectivity index (χ1n) is 10.1. The van der Waals surface area contributed by atoms with E-state index in [4.69, 9.17) is 15.6 Å². The molecule has 0 fully saturated rings. The van der Waals surface area contributed by atoms with E-state index in [9.17, 15) is 26.3 Å². The summed E-state index contributed by atoms with van der Waals surface area (Å²) in [6.07, 6.45) is 0. The van der Waals surface area contributed by atoms with Crippen molar-refractivity contribution in [3.63, 3.8) is 0 Å². The van der Waals surface area contributed by atoms with E-state index in [1.807, 2.05) is 18.2 Å². The van der Waals surface area contributed by atoms with E-state index in [1.54, 1.807) is 0 Å². The van der Waals surface area contributed by atoms with Crippen LogP contribution in [0.15, 0.2) is 54.6 Å². The molecule has 0 radical (unpaired) electrons. The molecule has 0 aliphatic carbocycles. The van der Waals surface area contributed by atoms with Crippen molar-refractivity contribution in [3.8, 4) is 0 Å². The topological polar surface area (TPSA) is 41.1 Å². The summed E-state index contributed by atoms with van der Waals surface area (Å²) in [7, 11) is 0. The van der Waals surface area contributed by atoms with Gasteiger partial charge in [-0.3, -0.25) is 4.98 Å². The normalized spacial score (nSPS) is 9.94. The summed E-state index contributed by atoms with van der Waals surface area (Å²) in [5, 5.41) is 9.54. The molecule has 0 aliphatic heterocycles. The van der Waals surface area contributed by atoms with Gasteiger partial charge in [0.25, 0.3) is 0 Å². The number of nitrogens with zero attached hydrogens (tertiary/aromatic N) is 3. The van der Waals surface area contributed by atoms with Crippen LogP contribution in [-0.4, -0.2) is 4.98 Å². The molecule has 0 bridgehead atoms. The molecule has 0 spiro atoms. The summed E-state index contributed by atoms with van der Waals surface area (Å²) in [5.74, 6) is 0. The van der Waals surface area contributed by atoms with E-state index < -0.39 is 13.4 Å². The van der Waals surface area contributed by atoms with Gasteiger partial charge in [-0.15, -0.1) is 11.4 Å². The number of para-hydroxylation sites is 2. The first-order valence-corrected chi connectivity index (χ1v) is 10.1. The van der Waals surface area contributed by atoms with Crippen LogP contribution in [0.2, 0.25) is 0 Å². The maximum absolute atomic E-state index is 9.58. The van der Waals surface area contributed by atoms with Gasteiger partial charge >= 0.3 is 26.2 Å². The Morgan fingerprint density at radius 3 is 1.11 bits per heavy atom. The van der Waals surface area contributed by atoms with E-state index in [0.29, 0.717) is 13.1 Å². The molecule has 0 aliphatic rings. The van der Waals surface area contributed by atoms with Crippen LogP contribution in [0.25, 0.3) is 10.6 Å². The molecular formula is C25H25F6N3Zr. The number of hydrogen-bond acceptors (Lipinski definition) is 1. The summed E-state index contributed by atoms with van der Waals surface area (Å²) >= 11 is 0. The average Bonchev–Trinajstić information content (AvgIpc) is 2.73. The van der Waals surface area contributed by atoms with Crippen molar-refractivity contribution in [2.45, 2.75) is 40.8 Å². The molecule has 3 nitrogen and oxygen atoms in total. The van der Waals surface area contributed by atoms with Crippen molar-refractivity contribution in [1.82, 2.24) is 4.98 Å². The van der Waals surface area contributed by atoms with E-state index in [0.717, 1.165) is 22.8 Å². The number of aryl methyl sites for hydroxylation is 4.